The summed E-state index contributed by atoms with van der Waals surface area (Å²) >= 11 is 0. The molecule has 128 valence electrons. The third kappa shape index (κ3) is 3.05. The molecule has 4 unspecified atom stereocenters. The fraction of sp³-hybridized carbons (Fsp3) is 0.364. The SMILES string of the molecule is O=C(c1ccccc1)C1C(=O)C2CCCCC2NC1c1ccccc1. The quantitative estimate of drug-likeness (QED) is 0.683. The van der Waals surface area contributed by atoms with Gasteiger partial charge in [0.1, 0.15) is 11.7 Å². The van der Waals surface area contributed by atoms with Gasteiger partial charge in [-0.25, -0.2) is 0 Å². The first kappa shape index (κ1) is 16.2. The van der Waals surface area contributed by atoms with Crippen molar-refractivity contribution in [2.75, 3.05) is 0 Å². The normalized spacial score (nSPS) is 29.0. The second kappa shape index (κ2) is 6.93. The van der Waals surface area contributed by atoms with Crippen LogP contribution in [0.3, 0.4) is 0 Å². The molecule has 1 saturated heterocycles. The first-order valence-electron chi connectivity index (χ1n) is 9.19. The van der Waals surface area contributed by atoms with Gasteiger partial charge in [-0.1, -0.05) is 73.5 Å². The molecule has 1 heterocycles. The molecule has 2 fully saturated rings. The molecule has 3 nitrogen and oxygen atoms in total. The highest BCUT2D eigenvalue weighted by Gasteiger charge is 2.47. The van der Waals surface area contributed by atoms with E-state index in [0.29, 0.717) is 5.56 Å². The van der Waals surface area contributed by atoms with Crippen LogP contribution in [0, 0.1) is 11.8 Å². The minimum absolute atomic E-state index is 0.0219. The van der Waals surface area contributed by atoms with Gasteiger partial charge < -0.3 is 5.32 Å². The number of carbonyl (C=O) groups is 2. The van der Waals surface area contributed by atoms with Gasteiger partial charge in [0.2, 0.25) is 0 Å². The van der Waals surface area contributed by atoms with E-state index in [4.69, 9.17) is 0 Å². The molecule has 4 atom stereocenters. The molecule has 1 saturated carbocycles. The molecular formula is C22H23NO2. The zero-order chi connectivity index (χ0) is 17.2. The van der Waals surface area contributed by atoms with Crippen molar-refractivity contribution in [3.63, 3.8) is 0 Å². The second-order valence-corrected chi connectivity index (χ2v) is 7.16. The van der Waals surface area contributed by atoms with Crippen LogP contribution in [0.2, 0.25) is 0 Å². The maximum atomic E-state index is 13.3. The van der Waals surface area contributed by atoms with Crippen molar-refractivity contribution in [1.82, 2.24) is 5.32 Å². The summed E-state index contributed by atoms with van der Waals surface area (Å²) in [5, 5.41) is 3.66. The van der Waals surface area contributed by atoms with Gasteiger partial charge in [-0.2, -0.15) is 0 Å². The lowest BCUT2D eigenvalue weighted by molar-refractivity contribution is -0.131. The van der Waals surface area contributed by atoms with Crippen LogP contribution in [0.15, 0.2) is 60.7 Å². The van der Waals surface area contributed by atoms with Crippen molar-refractivity contribution in [3.05, 3.63) is 71.8 Å². The Hall–Kier alpha value is -2.26. The predicted molar refractivity (Wildman–Crippen MR) is 97.3 cm³/mol. The largest absolute Gasteiger partial charge is 0.305 e. The van der Waals surface area contributed by atoms with Crippen LogP contribution in [0.25, 0.3) is 0 Å². The van der Waals surface area contributed by atoms with E-state index in [1.165, 1.54) is 0 Å². The van der Waals surface area contributed by atoms with Crippen molar-refractivity contribution in [3.8, 4) is 0 Å². The third-order valence-electron chi connectivity index (χ3n) is 5.66. The topological polar surface area (TPSA) is 46.2 Å². The van der Waals surface area contributed by atoms with Crippen LogP contribution in [-0.2, 0) is 4.79 Å². The average molecular weight is 333 g/mol. The van der Waals surface area contributed by atoms with E-state index in [9.17, 15) is 9.59 Å². The lowest BCUT2D eigenvalue weighted by Gasteiger charge is -2.43. The Labute approximate surface area is 148 Å². The van der Waals surface area contributed by atoms with Gasteiger partial charge in [0.25, 0.3) is 0 Å². The summed E-state index contributed by atoms with van der Waals surface area (Å²) in [4.78, 5) is 26.5. The molecule has 0 bridgehead atoms. The lowest BCUT2D eigenvalue weighted by Crippen LogP contribution is -2.56. The van der Waals surface area contributed by atoms with Crippen molar-refractivity contribution in [2.24, 2.45) is 11.8 Å². The first-order valence-corrected chi connectivity index (χ1v) is 9.19. The van der Waals surface area contributed by atoms with E-state index in [2.05, 4.69) is 5.32 Å². The van der Waals surface area contributed by atoms with Gasteiger partial charge in [-0.15, -0.1) is 0 Å². The van der Waals surface area contributed by atoms with E-state index in [0.717, 1.165) is 31.2 Å². The molecule has 1 N–H and O–H groups in total. The van der Waals surface area contributed by atoms with E-state index in [1.807, 2.05) is 60.7 Å². The molecule has 2 aromatic carbocycles. The zero-order valence-corrected chi connectivity index (χ0v) is 14.2. The highest BCUT2D eigenvalue weighted by atomic mass is 16.2. The molecule has 2 aromatic rings. The first-order chi connectivity index (χ1) is 12.3. The second-order valence-electron chi connectivity index (χ2n) is 7.16. The predicted octanol–water partition coefficient (Wildman–Crippen LogP) is 3.96. The summed E-state index contributed by atoms with van der Waals surface area (Å²) in [5.41, 5.74) is 1.65. The number of nitrogens with one attached hydrogen (secondary N) is 1. The van der Waals surface area contributed by atoms with Gasteiger partial charge in [-0.05, 0) is 18.4 Å². The third-order valence-corrected chi connectivity index (χ3v) is 5.66. The summed E-state index contributed by atoms with van der Waals surface area (Å²) in [6.45, 7) is 0. The monoisotopic (exact) mass is 333 g/mol. The van der Waals surface area contributed by atoms with Crippen LogP contribution in [0.4, 0.5) is 0 Å². The van der Waals surface area contributed by atoms with Crippen molar-refractivity contribution >= 4 is 11.6 Å². The number of carbonyl (C=O) groups excluding carboxylic acids is 2. The Morgan fingerprint density at radius 3 is 2.24 bits per heavy atom. The number of benzene rings is 2. The Bertz CT molecular complexity index is 756. The number of ketones is 2. The minimum Gasteiger partial charge on any atom is -0.305 e. The van der Waals surface area contributed by atoms with Gasteiger partial charge in [0, 0.05) is 23.6 Å². The standard InChI is InChI=1S/C22H23NO2/c24-21(16-11-5-2-6-12-16)19-20(15-9-3-1-4-10-15)23-18-14-8-7-13-17(18)22(19)25/h1-6,9-12,17-20,23H,7-8,13-14H2. The highest BCUT2D eigenvalue weighted by Crippen LogP contribution is 2.39. The number of piperidine rings is 1. The summed E-state index contributed by atoms with van der Waals surface area (Å²) in [6.07, 6.45) is 4.15. The minimum atomic E-state index is -0.635. The van der Waals surface area contributed by atoms with Crippen LogP contribution in [0.5, 0.6) is 0 Å². The van der Waals surface area contributed by atoms with Gasteiger partial charge in [0.05, 0.1) is 0 Å². The molecule has 0 amide bonds. The number of hydrogen-bond acceptors (Lipinski definition) is 3. The van der Waals surface area contributed by atoms with Crippen LogP contribution < -0.4 is 5.32 Å². The van der Waals surface area contributed by atoms with Crippen LogP contribution in [-0.4, -0.2) is 17.6 Å². The summed E-state index contributed by atoms with van der Waals surface area (Å²) in [7, 11) is 0. The molecule has 0 aromatic heterocycles. The van der Waals surface area contributed by atoms with Gasteiger partial charge in [0.15, 0.2) is 5.78 Å². The zero-order valence-electron chi connectivity index (χ0n) is 14.2. The summed E-state index contributed by atoms with van der Waals surface area (Å²) in [6, 6.07) is 19.1. The number of rotatable bonds is 3. The molecule has 2 aliphatic rings. The lowest BCUT2D eigenvalue weighted by atomic mass is 9.69. The molecular weight excluding hydrogens is 310 g/mol. The van der Waals surface area contributed by atoms with Gasteiger partial charge >= 0.3 is 0 Å². The molecule has 3 heteroatoms. The maximum Gasteiger partial charge on any atom is 0.175 e. The maximum absolute atomic E-state index is 13.3. The number of Topliss-reactive ketones (excluding diaryl/α,β-unsaturated/α-hetero) is 2. The van der Waals surface area contributed by atoms with Crippen LogP contribution in [0.1, 0.15) is 47.6 Å². The Kier molecular flexibility index (Phi) is 4.50. The van der Waals surface area contributed by atoms with E-state index in [1.54, 1.807) is 0 Å². The molecule has 1 aliphatic carbocycles. The Balaban J connectivity index is 1.73. The molecule has 0 spiro atoms. The number of fused-ring (bicyclic) bond motifs is 1. The van der Waals surface area contributed by atoms with E-state index >= 15 is 0 Å². The summed E-state index contributed by atoms with van der Waals surface area (Å²) in [5.74, 6) is -0.586. The van der Waals surface area contributed by atoms with E-state index < -0.39 is 5.92 Å². The number of hydrogen-bond donors (Lipinski definition) is 1. The average Bonchev–Trinajstić information content (AvgIpc) is 2.69. The van der Waals surface area contributed by atoms with Crippen molar-refractivity contribution in [1.29, 1.82) is 0 Å². The van der Waals surface area contributed by atoms with Crippen molar-refractivity contribution in [2.45, 2.75) is 37.8 Å². The van der Waals surface area contributed by atoms with E-state index in [-0.39, 0.29) is 29.6 Å². The van der Waals surface area contributed by atoms with Crippen LogP contribution >= 0.6 is 0 Å². The van der Waals surface area contributed by atoms with Gasteiger partial charge in [-0.3, -0.25) is 9.59 Å². The molecule has 1 aliphatic heterocycles. The smallest absolute Gasteiger partial charge is 0.175 e. The Morgan fingerprint density at radius 2 is 1.52 bits per heavy atom. The molecule has 4 rings (SSSR count). The fourth-order valence-corrected chi connectivity index (χ4v) is 4.40. The molecule has 0 radical (unpaired) electrons. The Morgan fingerprint density at radius 1 is 0.880 bits per heavy atom. The summed E-state index contributed by atoms with van der Waals surface area (Å²) < 4.78 is 0. The highest BCUT2D eigenvalue weighted by molar-refractivity contribution is 6.12. The fourth-order valence-electron chi connectivity index (χ4n) is 4.40. The van der Waals surface area contributed by atoms with Crippen molar-refractivity contribution < 1.29 is 9.59 Å². The molecule has 25 heavy (non-hydrogen) atoms.